The number of nitrogens with zero attached hydrogens (tertiary/aromatic N) is 3. The average molecular weight is 501 g/mol. The largest absolute Gasteiger partial charge is 0.497 e. The topological polar surface area (TPSA) is 78.2 Å². The SMILES string of the molecule is COc1ccc(Cn2cnc3c4cc(C)ccc4n(CC(=O)NCc4ccc(Cl)cc4)c3c2=O)cc1. The van der Waals surface area contributed by atoms with Gasteiger partial charge in [0.15, 0.2) is 0 Å². The van der Waals surface area contributed by atoms with Crippen LogP contribution >= 0.6 is 11.6 Å². The van der Waals surface area contributed by atoms with E-state index in [0.29, 0.717) is 29.1 Å². The Bertz CT molecular complexity index is 1620. The molecule has 5 rings (SSSR count). The molecular formula is C28H25ClN4O3. The standard InChI is InChI=1S/C28H25ClN4O3/c1-18-3-12-24-23(13-18)26-27(33(24)16-25(34)30-14-19-4-8-21(29)9-5-19)28(35)32(17-31-26)15-20-6-10-22(36-2)11-7-20/h3-13,17H,14-16H2,1-2H3,(H,30,34). The molecule has 0 spiro atoms. The molecule has 0 radical (unpaired) electrons. The Morgan fingerprint density at radius 1 is 1.03 bits per heavy atom. The minimum atomic E-state index is -0.200. The molecule has 0 unspecified atom stereocenters. The van der Waals surface area contributed by atoms with Crippen LogP contribution in [0.2, 0.25) is 5.02 Å². The van der Waals surface area contributed by atoms with E-state index in [1.807, 2.05) is 61.5 Å². The molecule has 8 heteroatoms. The lowest BCUT2D eigenvalue weighted by Crippen LogP contribution is -2.29. The monoisotopic (exact) mass is 500 g/mol. The van der Waals surface area contributed by atoms with Crippen molar-refractivity contribution >= 4 is 39.4 Å². The molecule has 0 saturated heterocycles. The van der Waals surface area contributed by atoms with Crippen LogP contribution in [-0.4, -0.2) is 27.1 Å². The van der Waals surface area contributed by atoms with Crippen LogP contribution in [0.4, 0.5) is 0 Å². The summed E-state index contributed by atoms with van der Waals surface area (Å²) >= 11 is 5.95. The fourth-order valence-corrected chi connectivity index (χ4v) is 4.45. The molecule has 0 aliphatic rings. The highest BCUT2D eigenvalue weighted by Gasteiger charge is 2.18. The van der Waals surface area contributed by atoms with Crippen molar-refractivity contribution in [3.05, 3.63) is 105 Å². The molecule has 36 heavy (non-hydrogen) atoms. The van der Waals surface area contributed by atoms with Crippen molar-refractivity contribution in [3.63, 3.8) is 0 Å². The molecule has 0 fully saturated rings. The van der Waals surface area contributed by atoms with Crippen molar-refractivity contribution in [1.29, 1.82) is 0 Å². The molecule has 0 aliphatic carbocycles. The first-order valence-electron chi connectivity index (χ1n) is 11.5. The molecule has 0 atom stereocenters. The Hall–Kier alpha value is -4.10. The van der Waals surface area contributed by atoms with E-state index >= 15 is 0 Å². The number of rotatable bonds is 7. The number of benzene rings is 3. The van der Waals surface area contributed by atoms with Gasteiger partial charge in [-0.3, -0.25) is 14.2 Å². The summed E-state index contributed by atoms with van der Waals surface area (Å²) < 4.78 is 8.55. The van der Waals surface area contributed by atoms with Gasteiger partial charge in [-0.15, -0.1) is 0 Å². The summed E-state index contributed by atoms with van der Waals surface area (Å²) in [6.45, 7) is 2.72. The number of halogens is 1. The number of fused-ring (bicyclic) bond motifs is 3. The lowest BCUT2D eigenvalue weighted by atomic mass is 10.1. The third-order valence-corrected chi connectivity index (χ3v) is 6.45. The molecule has 0 bridgehead atoms. The maximum Gasteiger partial charge on any atom is 0.278 e. The van der Waals surface area contributed by atoms with Gasteiger partial charge in [-0.05, 0) is 54.4 Å². The maximum absolute atomic E-state index is 13.7. The zero-order valence-electron chi connectivity index (χ0n) is 20.0. The molecule has 5 aromatic rings. The summed E-state index contributed by atoms with van der Waals surface area (Å²) in [5.74, 6) is 0.550. The minimum absolute atomic E-state index is 0.000119. The van der Waals surface area contributed by atoms with Crippen LogP contribution in [0.3, 0.4) is 0 Å². The molecule has 182 valence electrons. The van der Waals surface area contributed by atoms with Gasteiger partial charge in [-0.25, -0.2) is 4.98 Å². The number of hydrogen-bond acceptors (Lipinski definition) is 4. The van der Waals surface area contributed by atoms with E-state index in [0.717, 1.165) is 33.3 Å². The molecule has 1 N–H and O–H groups in total. The summed E-state index contributed by atoms with van der Waals surface area (Å²) in [4.78, 5) is 31.3. The van der Waals surface area contributed by atoms with Crippen molar-refractivity contribution < 1.29 is 9.53 Å². The number of aromatic nitrogens is 3. The molecule has 3 aromatic carbocycles. The number of carbonyl (C=O) groups is 1. The van der Waals surface area contributed by atoms with Gasteiger partial charge in [-0.1, -0.05) is 47.5 Å². The normalized spacial score (nSPS) is 11.2. The van der Waals surface area contributed by atoms with Gasteiger partial charge in [0.1, 0.15) is 23.3 Å². The van der Waals surface area contributed by atoms with Crippen LogP contribution in [0.25, 0.3) is 21.9 Å². The van der Waals surface area contributed by atoms with Gasteiger partial charge in [0.05, 0.1) is 25.5 Å². The fraction of sp³-hybridized carbons (Fsp3) is 0.179. The van der Waals surface area contributed by atoms with Gasteiger partial charge in [0.25, 0.3) is 5.56 Å². The fourth-order valence-electron chi connectivity index (χ4n) is 4.32. The highest BCUT2D eigenvalue weighted by molar-refractivity contribution is 6.30. The molecule has 1 amide bonds. The van der Waals surface area contributed by atoms with Crippen LogP contribution in [0, 0.1) is 6.92 Å². The number of amides is 1. The summed E-state index contributed by atoms with van der Waals surface area (Å²) in [5.41, 5.74) is 4.54. The highest BCUT2D eigenvalue weighted by Crippen LogP contribution is 2.26. The first-order chi connectivity index (χ1) is 17.4. The number of aryl methyl sites for hydroxylation is 1. The summed E-state index contributed by atoms with van der Waals surface area (Å²) in [7, 11) is 1.61. The number of nitrogens with one attached hydrogen (secondary N) is 1. The predicted octanol–water partition coefficient (Wildman–Crippen LogP) is 4.69. The number of hydrogen-bond donors (Lipinski definition) is 1. The number of ether oxygens (including phenoxy) is 1. The van der Waals surface area contributed by atoms with Gasteiger partial charge < -0.3 is 14.6 Å². The van der Waals surface area contributed by atoms with Gasteiger partial charge in [-0.2, -0.15) is 0 Å². The summed E-state index contributed by atoms with van der Waals surface area (Å²) in [6, 6.07) is 20.8. The average Bonchev–Trinajstić information content (AvgIpc) is 3.18. The van der Waals surface area contributed by atoms with Gasteiger partial charge in [0, 0.05) is 17.0 Å². The van der Waals surface area contributed by atoms with Crippen LogP contribution in [0.15, 0.2) is 77.9 Å². The minimum Gasteiger partial charge on any atom is -0.497 e. The first-order valence-corrected chi connectivity index (χ1v) is 11.9. The number of carbonyl (C=O) groups excluding carboxylic acids is 1. The lowest BCUT2D eigenvalue weighted by molar-refractivity contribution is -0.121. The van der Waals surface area contributed by atoms with Crippen LogP contribution < -0.4 is 15.6 Å². The van der Waals surface area contributed by atoms with Crippen molar-refractivity contribution in [3.8, 4) is 5.75 Å². The quantitative estimate of drug-likeness (QED) is 0.352. The molecule has 0 aliphatic heterocycles. The Morgan fingerprint density at radius 3 is 2.47 bits per heavy atom. The zero-order valence-corrected chi connectivity index (χ0v) is 20.7. The smallest absolute Gasteiger partial charge is 0.278 e. The molecule has 7 nitrogen and oxygen atoms in total. The van der Waals surface area contributed by atoms with E-state index in [1.54, 1.807) is 34.7 Å². The van der Waals surface area contributed by atoms with Crippen molar-refractivity contribution in [2.24, 2.45) is 0 Å². The molecular weight excluding hydrogens is 476 g/mol. The van der Waals surface area contributed by atoms with Crippen molar-refractivity contribution in [2.45, 2.75) is 26.6 Å². The van der Waals surface area contributed by atoms with E-state index in [1.165, 1.54) is 0 Å². The van der Waals surface area contributed by atoms with E-state index in [9.17, 15) is 9.59 Å². The Morgan fingerprint density at radius 2 is 1.75 bits per heavy atom. The van der Waals surface area contributed by atoms with Gasteiger partial charge in [0.2, 0.25) is 5.91 Å². The Kier molecular flexibility index (Phi) is 6.48. The third kappa shape index (κ3) is 4.70. The Balaban J connectivity index is 1.51. The second kappa shape index (κ2) is 9.87. The van der Waals surface area contributed by atoms with E-state index in [4.69, 9.17) is 16.3 Å². The zero-order chi connectivity index (χ0) is 25.2. The molecule has 2 aromatic heterocycles. The second-order valence-corrected chi connectivity index (χ2v) is 9.17. The first kappa shape index (κ1) is 23.6. The van der Waals surface area contributed by atoms with Crippen molar-refractivity contribution in [2.75, 3.05) is 7.11 Å². The maximum atomic E-state index is 13.7. The second-order valence-electron chi connectivity index (χ2n) is 8.73. The Labute approximate surface area is 212 Å². The summed E-state index contributed by atoms with van der Waals surface area (Å²) in [6.07, 6.45) is 1.57. The summed E-state index contributed by atoms with van der Waals surface area (Å²) in [5, 5.41) is 4.43. The van der Waals surface area contributed by atoms with Gasteiger partial charge >= 0.3 is 0 Å². The third-order valence-electron chi connectivity index (χ3n) is 6.20. The molecule has 0 saturated carbocycles. The van der Waals surface area contributed by atoms with Crippen LogP contribution in [0.1, 0.15) is 16.7 Å². The lowest BCUT2D eigenvalue weighted by Gasteiger charge is -2.10. The van der Waals surface area contributed by atoms with Crippen LogP contribution in [-0.2, 0) is 24.4 Å². The van der Waals surface area contributed by atoms with Crippen LogP contribution in [0.5, 0.6) is 5.75 Å². The number of methoxy groups -OCH3 is 1. The van der Waals surface area contributed by atoms with Crippen molar-refractivity contribution in [1.82, 2.24) is 19.4 Å². The van der Waals surface area contributed by atoms with E-state index < -0.39 is 0 Å². The highest BCUT2D eigenvalue weighted by atomic mass is 35.5. The predicted molar refractivity (Wildman–Crippen MR) is 142 cm³/mol. The molecule has 2 heterocycles. The van der Waals surface area contributed by atoms with E-state index in [2.05, 4.69) is 10.3 Å². The van der Waals surface area contributed by atoms with E-state index in [-0.39, 0.29) is 18.0 Å².